The predicted molar refractivity (Wildman–Crippen MR) is 71.3 cm³/mol. The van der Waals surface area contributed by atoms with E-state index in [9.17, 15) is 0 Å². The Kier molecular flexibility index (Phi) is 3.38. The Bertz CT molecular complexity index is 480. The summed E-state index contributed by atoms with van der Waals surface area (Å²) >= 11 is 5.85. The summed E-state index contributed by atoms with van der Waals surface area (Å²) in [6, 6.07) is 8.52. The number of hydrogen-bond donors (Lipinski definition) is 1. The summed E-state index contributed by atoms with van der Waals surface area (Å²) in [4.78, 5) is 0. The molecule has 2 N–H and O–H groups in total. The van der Waals surface area contributed by atoms with Crippen molar-refractivity contribution in [1.29, 1.82) is 0 Å². The summed E-state index contributed by atoms with van der Waals surface area (Å²) in [6.07, 6.45) is 1.74. The van der Waals surface area contributed by atoms with Gasteiger partial charge in [-0.05, 0) is 17.0 Å². The van der Waals surface area contributed by atoms with E-state index in [1.54, 1.807) is 10.9 Å². The first-order valence-electron chi connectivity index (χ1n) is 5.63. The molecule has 0 fully saturated rings. The molecule has 0 saturated heterocycles. The van der Waals surface area contributed by atoms with E-state index >= 15 is 0 Å². The van der Waals surface area contributed by atoms with Crippen molar-refractivity contribution < 1.29 is 0 Å². The van der Waals surface area contributed by atoms with Gasteiger partial charge in [0, 0.05) is 6.20 Å². The van der Waals surface area contributed by atoms with Gasteiger partial charge in [-0.25, -0.2) is 0 Å². The lowest BCUT2D eigenvalue weighted by atomic mass is 10.0. The van der Waals surface area contributed by atoms with Crippen LogP contribution in [0.5, 0.6) is 0 Å². The second-order valence-electron chi connectivity index (χ2n) is 4.46. The topological polar surface area (TPSA) is 43.8 Å². The lowest BCUT2D eigenvalue weighted by Gasteiger charge is -2.06. The molecule has 0 radical (unpaired) electrons. The van der Waals surface area contributed by atoms with E-state index in [0.29, 0.717) is 23.3 Å². The van der Waals surface area contributed by atoms with Crippen LogP contribution in [-0.2, 0) is 6.54 Å². The smallest absolute Gasteiger partial charge is 0.164 e. The van der Waals surface area contributed by atoms with Crippen molar-refractivity contribution in [1.82, 2.24) is 9.78 Å². The lowest BCUT2D eigenvalue weighted by Crippen LogP contribution is -2.01. The Morgan fingerprint density at radius 1 is 1.29 bits per heavy atom. The fourth-order valence-electron chi connectivity index (χ4n) is 1.69. The van der Waals surface area contributed by atoms with Gasteiger partial charge in [-0.2, -0.15) is 5.10 Å². The first-order chi connectivity index (χ1) is 8.06. The van der Waals surface area contributed by atoms with Gasteiger partial charge >= 0.3 is 0 Å². The van der Waals surface area contributed by atoms with Crippen LogP contribution in [0.15, 0.2) is 30.5 Å². The van der Waals surface area contributed by atoms with Crippen LogP contribution in [-0.4, -0.2) is 9.78 Å². The number of hydrogen-bond acceptors (Lipinski definition) is 2. The number of anilines is 1. The molecule has 0 aliphatic carbocycles. The van der Waals surface area contributed by atoms with Gasteiger partial charge < -0.3 is 5.73 Å². The van der Waals surface area contributed by atoms with Gasteiger partial charge in [0.25, 0.3) is 0 Å². The summed E-state index contributed by atoms with van der Waals surface area (Å²) in [6.45, 7) is 5.06. The molecular formula is C13H16ClN3. The number of nitrogens with zero attached hydrogens (tertiary/aromatic N) is 2. The van der Waals surface area contributed by atoms with Crippen LogP contribution >= 0.6 is 11.6 Å². The largest absolute Gasteiger partial charge is 0.381 e. The summed E-state index contributed by atoms with van der Waals surface area (Å²) in [5.41, 5.74) is 8.12. The van der Waals surface area contributed by atoms with Crippen LogP contribution in [0, 0.1) is 0 Å². The molecule has 90 valence electrons. The normalized spacial score (nSPS) is 11.1. The van der Waals surface area contributed by atoms with Gasteiger partial charge in [-0.3, -0.25) is 4.68 Å². The minimum Gasteiger partial charge on any atom is -0.381 e. The molecule has 3 nitrogen and oxygen atoms in total. The molecule has 0 aliphatic rings. The van der Waals surface area contributed by atoms with E-state index in [1.807, 2.05) is 0 Å². The van der Waals surface area contributed by atoms with E-state index < -0.39 is 0 Å². The molecule has 1 aromatic carbocycles. The van der Waals surface area contributed by atoms with E-state index in [0.717, 1.165) is 0 Å². The number of aromatic nitrogens is 2. The quantitative estimate of drug-likeness (QED) is 0.907. The Balaban J connectivity index is 2.13. The fourth-order valence-corrected chi connectivity index (χ4v) is 1.84. The molecule has 4 heteroatoms. The van der Waals surface area contributed by atoms with Crippen molar-refractivity contribution >= 4 is 17.4 Å². The highest BCUT2D eigenvalue weighted by Gasteiger charge is 2.04. The Morgan fingerprint density at radius 2 is 1.94 bits per heavy atom. The molecule has 17 heavy (non-hydrogen) atoms. The number of rotatable bonds is 3. The molecule has 2 aromatic rings. The molecule has 0 unspecified atom stereocenters. The number of nitrogen functional groups attached to an aromatic ring is 1. The van der Waals surface area contributed by atoms with Gasteiger partial charge in [-0.1, -0.05) is 49.7 Å². The van der Waals surface area contributed by atoms with Crippen molar-refractivity contribution in [2.45, 2.75) is 26.3 Å². The third-order valence-corrected chi connectivity index (χ3v) is 3.03. The van der Waals surface area contributed by atoms with Crippen LogP contribution in [0.25, 0.3) is 0 Å². The Labute approximate surface area is 106 Å². The first kappa shape index (κ1) is 12.0. The van der Waals surface area contributed by atoms with Gasteiger partial charge in [0.2, 0.25) is 0 Å². The second kappa shape index (κ2) is 4.80. The summed E-state index contributed by atoms with van der Waals surface area (Å²) in [7, 11) is 0. The van der Waals surface area contributed by atoms with Crippen LogP contribution in [0.2, 0.25) is 5.02 Å². The number of halogens is 1. The maximum atomic E-state index is 5.85. The third kappa shape index (κ3) is 2.80. The highest BCUT2D eigenvalue weighted by molar-refractivity contribution is 6.32. The molecular weight excluding hydrogens is 234 g/mol. The molecule has 0 aliphatic heterocycles. The standard InChI is InChI=1S/C13H16ClN3/c1-9(2)11-5-3-10(4-6-11)7-17-8-12(14)13(15)16-17/h3-6,8-9H,7H2,1-2H3,(H2,15,16). The highest BCUT2D eigenvalue weighted by Crippen LogP contribution is 2.18. The van der Waals surface area contributed by atoms with Crippen LogP contribution in [0.1, 0.15) is 30.9 Å². The van der Waals surface area contributed by atoms with E-state index in [4.69, 9.17) is 17.3 Å². The SMILES string of the molecule is CC(C)c1ccc(Cn2cc(Cl)c(N)n2)cc1. The minimum absolute atomic E-state index is 0.380. The van der Waals surface area contributed by atoms with E-state index in [1.165, 1.54) is 11.1 Å². The third-order valence-electron chi connectivity index (χ3n) is 2.73. The molecule has 0 amide bonds. The zero-order chi connectivity index (χ0) is 12.4. The van der Waals surface area contributed by atoms with Crippen molar-refractivity contribution in [3.05, 3.63) is 46.6 Å². The Morgan fingerprint density at radius 3 is 2.41 bits per heavy atom. The monoisotopic (exact) mass is 249 g/mol. The van der Waals surface area contributed by atoms with Crippen LogP contribution in [0.4, 0.5) is 5.82 Å². The Hall–Kier alpha value is -1.48. The van der Waals surface area contributed by atoms with Crippen molar-refractivity contribution in [3.8, 4) is 0 Å². The minimum atomic E-state index is 0.380. The zero-order valence-corrected chi connectivity index (χ0v) is 10.8. The number of nitrogens with two attached hydrogens (primary N) is 1. The molecule has 0 atom stereocenters. The van der Waals surface area contributed by atoms with Crippen molar-refractivity contribution in [3.63, 3.8) is 0 Å². The molecule has 1 aromatic heterocycles. The lowest BCUT2D eigenvalue weighted by molar-refractivity contribution is 0.689. The average molecular weight is 250 g/mol. The number of benzene rings is 1. The van der Waals surface area contributed by atoms with Gasteiger partial charge in [0.15, 0.2) is 5.82 Å². The van der Waals surface area contributed by atoms with Crippen molar-refractivity contribution in [2.75, 3.05) is 5.73 Å². The van der Waals surface area contributed by atoms with Gasteiger partial charge in [-0.15, -0.1) is 0 Å². The van der Waals surface area contributed by atoms with Gasteiger partial charge in [0.1, 0.15) is 5.02 Å². The molecule has 1 heterocycles. The second-order valence-corrected chi connectivity index (χ2v) is 4.86. The van der Waals surface area contributed by atoms with Crippen LogP contribution in [0.3, 0.4) is 0 Å². The maximum absolute atomic E-state index is 5.85. The molecule has 0 saturated carbocycles. The highest BCUT2D eigenvalue weighted by atomic mass is 35.5. The van der Waals surface area contributed by atoms with Crippen LogP contribution < -0.4 is 5.73 Å². The maximum Gasteiger partial charge on any atom is 0.164 e. The summed E-state index contributed by atoms with van der Waals surface area (Å²) < 4.78 is 1.75. The average Bonchev–Trinajstić information content (AvgIpc) is 2.58. The summed E-state index contributed by atoms with van der Waals surface area (Å²) in [5, 5.41) is 4.63. The van der Waals surface area contributed by atoms with Crippen molar-refractivity contribution in [2.24, 2.45) is 0 Å². The molecule has 0 bridgehead atoms. The summed E-state index contributed by atoms with van der Waals surface area (Å²) in [5.74, 6) is 0.935. The molecule has 2 rings (SSSR count). The van der Waals surface area contributed by atoms with E-state index in [-0.39, 0.29) is 0 Å². The predicted octanol–water partition coefficient (Wildman–Crippen LogP) is 3.29. The molecule has 0 spiro atoms. The zero-order valence-electron chi connectivity index (χ0n) is 10.0. The first-order valence-corrected chi connectivity index (χ1v) is 6.01. The van der Waals surface area contributed by atoms with Gasteiger partial charge in [0.05, 0.1) is 6.54 Å². The van der Waals surface area contributed by atoms with E-state index in [2.05, 4.69) is 43.2 Å². The fraction of sp³-hybridized carbons (Fsp3) is 0.308.